The molecule has 3 N–H and O–H groups in total. The van der Waals surface area contributed by atoms with Gasteiger partial charge in [0.05, 0.1) is 24.1 Å². The van der Waals surface area contributed by atoms with Crippen LogP contribution in [0.25, 0.3) is 0 Å². The van der Waals surface area contributed by atoms with Gasteiger partial charge in [-0.15, -0.1) is 0 Å². The second kappa shape index (κ2) is 5.32. The third kappa shape index (κ3) is 2.77. The maximum atomic E-state index is 12.2. The van der Waals surface area contributed by atoms with Crippen molar-refractivity contribution in [3.8, 4) is 0 Å². The highest BCUT2D eigenvalue weighted by atomic mass is 16.5. The summed E-state index contributed by atoms with van der Waals surface area (Å²) in [5.74, 6) is 5.18. The van der Waals surface area contributed by atoms with E-state index in [4.69, 9.17) is 10.6 Å². The second-order valence-electron chi connectivity index (χ2n) is 4.54. The van der Waals surface area contributed by atoms with Crippen molar-refractivity contribution in [2.75, 3.05) is 18.5 Å². The molecule has 1 aromatic heterocycles. The minimum absolute atomic E-state index is 0.0580. The van der Waals surface area contributed by atoms with Gasteiger partial charge in [-0.3, -0.25) is 10.6 Å². The lowest BCUT2D eigenvalue weighted by atomic mass is 10.2. The number of nitrogen functional groups attached to an aromatic ring is 1. The standard InChI is InChI=1S/C12H18N4O2/c1-8-6-16(7-9(2)18-8)12(17)11-4-3-10(15-13)5-14-11/h3-5,8-9,15H,6-7,13H2,1-2H3. The number of nitrogens with two attached hydrogens (primary N) is 1. The van der Waals surface area contributed by atoms with Gasteiger partial charge in [0.2, 0.25) is 0 Å². The van der Waals surface area contributed by atoms with Gasteiger partial charge in [-0.05, 0) is 26.0 Å². The number of morpholine rings is 1. The van der Waals surface area contributed by atoms with Crippen LogP contribution in [0.15, 0.2) is 18.3 Å². The molecule has 98 valence electrons. The Morgan fingerprint density at radius 3 is 2.61 bits per heavy atom. The van der Waals surface area contributed by atoms with Gasteiger partial charge in [-0.25, -0.2) is 4.98 Å². The smallest absolute Gasteiger partial charge is 0.272 e. The van der Waals surface area contributed by atoms with Gasteiger partial charge in [-0.2, -0.15) is 0 Å². The number of carbonyl (C=O) groups is 1. The van der Waals surface area contributed by atoms with Gasteiger partial charge < -0.3 is 15.1 Å². The zero-order valence-corrected chi connectivity index (χ0v) is 10.6. The van der Waals surface area contributed by atoms with E-state index in [0.717, 1.165) is 0 Å². The lowest BCUT2D eigenvalue weighted by Crippen LogP contribution is -2.48. The highest BCUT2D eigenvalue weighted by molar-refractivity contribution is 5.92. The Labute approximate surface area is 106 Å². The highest BCUT2D eigenvalue weighted by Gasteiger charge is 2.27. The van der Waals surface area contributed by atoms with E-state index in [1.807, 2.05) is 13.8 Å². The minimum Gasteiger partial charge on any atom is -0.372 e. The molecule has 0 aromatic carbocycles. The molecule has 1 amide bonds. The average Bonchev–Trinajstić information content (AvgIpc) is 2.37. The fraction of sp³-hybridized carbons (Fsp3) is 0.500. The molecule has 2 unspecified atom stereocenters. The first-order valence-corrected chi connectivity index (χ1v) is 5.97. The van der Waals surface area contributed by atoms with Crippen LogP contribution in [0.4, 0.5) is 5.69 Å². The van der Waals surface area contributed by atoms with Crippen molar-refractivity contribution in [3.63, 3.8) is 0 Å². The lowest BCUT2D eigenvalue weighted by Gasteiger charge is -2.35. The number of amides is 1. The van der Waals surface area contributed by atoms with Crippen molar-refractivity contribution in [3.05, 3.63) is 24.0 Å². The van der Waals surface area contributed by atoms with E-state index >= 15 is 0 Å². The van der Waals surface area contributed by atoms with Crippen LogP contribution in [0.1, 0.15) is 24.3 Å². The summed E-state index contributed by atoms with van der Waals surface area (Å²) in [5, 5.41) is 0. The molecule has 1 fully saturated rings. The molecule has 0 radical (unpaired) electrons. The van der Waals surface area contributed by atoms with Gasteiger partial charge in [0, 0.05) is 13.1 Å². The molecule has 0 saturated carbocycles. The summed E-state index contributed by atoms with van der Waals surface area (Å²) in [6.07, 6.45) is 1.66. The van der Waals surface area contributed by atoms with Crippen molar-refractivity contribution in [2.24, 2.45) is 5.84 Å². The quantitative estimate of drug-likeness (QED) is 0.594. The molecule has 2 heterocycles. The van der Waals surface area contributed by atoms with Gasteiger partial charge in [-0.1, -0.05) is 0 Å². The number of hydrazine groups is 1. The number of nitrogens with one attached hydrogen (secondary N) is 1. The molecule has 0 aliphatic carbocycles. The average molecular weight is 250 g/mol. The van der Waals surface area contributed by atoms with E-state index in [9.17, 15) is 4.79 Å². The number of aromatic nitrogens is 1. The Bertz CT molecular complexity index is 411. The van der Waals surface area contributed by atoms with Gasteiger partial charge >= 0.3 is 0 Å². The molecule has 6 nitrogen and oxygen atoms in total. The van der Waals surface area contributed by atoms with Crippen LogP contribution in [-0.2, 0) is 4.74 Å². The first-order chi connectivity index (χ1) is 8.60. The van der Waals surface area contributed by atoms with Crippen LogP contribution < -0.4 is 11.3 Å². The van der Waals surface area contributed by atoms with Crippen molar-refractivity contribution < 1.29 is 9.53 Å². The molecule has 0 spiro atoms. The Morgan fingerprint density at radius 2 is 2.11 bits per heavy atom. The van der Waals surface area contributed by atoms with Gasteiger partial charge in [0.1, 0.15) is 5.69 Å². The number of hydrogen-bond acceptors (Lipinski definition) is 5. The molecule has 2 atom stereocenters. The summed E-state index contributed by atoms with van der Waals surface area (Å²) >= 11 is 0. The van der Waals surface area contributed by atoms with Crippen LogP contribution in [-0.4, -0.2) is 41.1 Å². The Balaban J connectivity index is 2.09. The number of pyridine rings is 1. The third-order valence-corrected chi connectivity index (χ3v) is 2.86. The van der Waals surface area contributed by atoms with E-state index in [-0.39, 0.29) is 18.1 Å². The van der Waals surface area contributed by atoms with Crippen LogP contribution >= 0.6 is 0 Å². The molecule has 0 bridgehead atoms. The topological polar surface area (TPSA) is 80.5 Å². The molecule has 18 heavy (non-hydrogen) atoms. The molecule has 1 saturated heterocycles. The summed E-state index contributed by atoms with van der Waals surface area (Å²) in [4.78, 5) is 18.1. The number of nitrogens with zero attached hydrogens (tertiary/aromatic N) is 2. The fourth-order valence-electron chi connectivity index (χ4n) is 2.11. The van der Waals surface area contributed by atoms with Crippen molar-refractivity contribution in [1.82, 2.24) is 9.88 Å². The van der Waals surface area contributed by atoms with E-state index in [1.54, 1.807) is 23.2 Å². The fourth-order valence-corrected chi connectivity index (χ4v) is 2.11. The molecule has 1 aromatic rings. The SMILES string of the molecule is CC1CN(C(=O)c2ccc(NN)cn2)CC(C)O1. The first-order valence-electron chi connectivity index (χ1n) is 5.97. The van der Waals surface area contributed by atoms with Gasteiger partial charge in [0.25, 0.3) is 5.91 Å². The number of carbonyl (C=O) groups excluding carboxylic acids is 1. The van der Waals surface area contributed by atoms with E-state index in [2.05, 4.69) is 10.4 Å². The minimum atomic E-state index is -0.0689. The Morgan fingerprint density at radius 1 is 1.44 bits per heavy atom. The van der Waals surface area contributed by atoms with Crippen LogP contribution in [0, 0.1) is 0 Å². The van der Waals surface area contributed by atoms with E-state index in [1.165, 1.54) is 0 Å². The van der Waals surface area contributed by atoms with E-state index in [0.29, 0.717) is 24.5 Å². The van der Waals surface area contributed by atoms with Crippen molar-refractivity contribution in [1.29, 1.82) is 0 Å². The molecule has 6 heteroatoms. The summed E-state index contributed by atoms with van der Waals surface area (Å²) < 4.78 is 5.60. The monoisotopic (exact) mass is 250 g/mol. The number of ether oxygens (including phenoxy) is 1. The van der Waals surface area contributed by atoms with Crippen molar-refractivity contribution in [2.45, 2.75) is 26.1 Å². The van der Waals surface area contributed by atoms with E-state index < -0.39 is 0 Å². The largest absolute Gasteiger partial charge is 0.372 e. The zero-order chi connectivity index (χ0) is 13.1. The highest BCUT2D eigenvalue weighted by Crippen LogP contribution is 2.14. The predicted molar refractivity (Wildman–Crippen MR) is 68.0 cm³/mol. The summed E-state index contributed by atoms with van der Waals surface area (Å²) in [5.41, 5.74) is 3.58. The number of anilines is 1. The van der Waals surface area contributed by atoms with Crippen LogP contribution in [0.5, 0.6) is 0 Å². The maximum absolute atomic E-state index is 12.2. The number of hydrogen-bond donors (Lipinski definition) is 2. The second-order valence-corrected chi connectivity index (χ2v) is 4.54. The summed E-state index contributed by atoms with van der Waals surface area (Å²) in [6, 6.07) is 3.40. The third-order valence-electron chi connectivity index (χ3n) is 2.86. The molecular formula is C12H18N4O2. The normalized spacial score (nSPS) is 23.8. The Hall–Kier alpha value is -1.66. The first kappa shape index (κ1) is 12.8. The van der Waals surface area contributed by atoms with Crippen molar-refractivity contribution >= 4 is 11.6 Å². The van der Waals surface area contributed by atoms with Gasteiger partial charge in [0.15, 0.2) is 0 Å². The van der Waals surface area contributed by atoms with Crippen LogP contribution in [0.2, 0.25) is 0 Å². The molecule has 1 aliphatic heterocycles. The summed E-state index contributed by atoms with van der Waals surface area (Å²) in [6.45, 7) is 5.12. The summed E-state index contributed by atoms with van der Waals surface area (Å²) in [7, 11) is 0. The number of rotatable bonds is 2. The lowest BCUT2D eigenvalue weighted by molar-refractivity contribution is -0.0587. The Kier molecular flexibility index (Phi) is 3.78. The molecule has 1 aliphatic rings. The maximum Gasteiger partial charge on any atom is 0.272 e. The van der Waals surface area contributed by atoms with Crippen LogP contribution in [0.3, 0.4) is 0 Å². The molecular weight excluding hydrogens is 232 g/mol. The predicted octanol–water partition coefficient (Wildman–Crippen LogP) is 0.617. The molecule has 2 rings (SSSR count). The zero-order valence-electron chi connectivity index (χ0n) is 10.6.